The van der Waals surface area contributed by atoms with Gasteiger partial charge in [-0.15, -0.1) is 0 Å². The van der Waals surface area contributed by atoms with E-state index in [-0.39, 0.29) is 11.5 Å². The van der Waals surface area contributed by atoms with Crippen LogP contribution in [-0.4, -0.2) is 12.0 Å². The van der Waals surface area contributed by atoms with Gasteiger partial charge in [0, 0.05) is 6.92 Å². The fourth-order valence-corrected chi connectivity index (χ4v) is 2.60. The number of nitriles is 1. The molecule has 1 aliphatic rings. The first kappa shape index (κ1) is 11.2. The minimum absolute atomic E-state index is 0.0670. The maximum Gasteiger partial charge on any atom is 0.192 e. The second kappa shape index (κ2) is 3.82. The van der Waals surface area contributed by atoms with Gasteiger partial charge in [0.1, 0.15) is 5.52 Å². The molecule has 1 heterocycles. The van der Waals surface area contributed by atoms with Gasteiger partial charge in [-0.25, -0.2) is 4.98 Å². The van der Waals surface area contributed by atoms with Gasteiger partial charge in [0.2, 0.25) is 0 Å². The van der Waals surface area contributed by atoms with Crippen LogP contribution in [0.2, 0.25) is 0 Å². The molecule has 1 aromatic carbocycles. The summed E-state index contributed by atoms with van der Waals surface area (Å²) < 4.78 is 5.55. The van der Waals surface area contributed by atoms with Crippen LogP contribution < -0.4 is 5.32 Å². The van der Waals surface area contributed by atoms with E-state index in [1.807, 2.05) is 32.2 Å². The van der Waals surface area contributed by atoms with Crippen molar-refractivity contribution in [1.29, 1.82) is 5.26 Å². The monoisotopic (exact) mass is 241 g/mol. The maximum atomic E-state index is 9.31. The van der Waals surface area contributed by atoms with Crippen LogP contribution in [0, 0.1) is 23.7 Å². The van der Waals surface area contributed by atoms with Gasteiger partial charge in [-0.05, 0) is 37.6 Å². The third-order valence-corrected chi connectivity index (χ3v) is 3.71. The van der Waals surface area contributed by atoms with Crippen molar-refractivity contribution in [3.8, 4) is 6.07 Å². The van der Waals surface area contributed by atoms with Gasteiger partial charge in [-0.2, -0.15) is 5.26 Å². The number of hydrogen-bond acceptors (Lipinski definition) is 4. The first-order valence-electron chi connectivity index (χ1n) is 6.14. The lowest BCUT2D eigenvalue weighted by atomic mass is 9.91. The van der Waals surface area contributed by atoms with E-state index in [9.17, 15) is 5.26 Å². The Morgan fingerprint density at radius 2 is 2.28 bits per heavy atom. The van der Waals surface area contributed by atoms with Crippen LogP contribution >= 0.6 is 0 Å². The Labute approximate surface area is 106 Å². The van der Waals surface area contributed by atoms with Crippen LogP contribution in [0.25, 0.3) is 11.1 Å². The van der Waals surface area contributed by atoms with Gasteiger partial charge in [0.25, 0.3) is 0 Å². The number of fused-ring (bicyclic) bond motifs is 1. The van der Waals surface area contributed by atoms with Crippen molar-refractivity contribution in [2.75, 3.05) is 7.05 Å². The molecule has 1 aromatic heterocycles. The standard InChI is InChI=1S/C14H15N3O/c1-9-17-11-4-3-10(7-12(11)18-9)13(16-2)14(8-15)5-6-14/h3-4,7,13,16H,5-6H2,1-2H3. The molecule has 2 aromatic rings. The number of rotatable bonds is 3. The largest absolute Gasteiger partial charge is 0.441 e. The van der Waals surface area contributed by atoms with Crippen LogP contribution in [-0.2, 0) is 0 Å². The van der Waals surface area contributed by atoms with Crippen LogP contribution in [0.1, 0.15) is 30.3 Å². The summed E-state index contributed by atoms with van der Waals surface area (Å²) in [6, 6.07) is 8.50. The number of oxazole rings is 1. The molecular weight excluding hydrogens is 226 g/mol. The highest BCUT2D eigenvalue weighted by atomic mass is 16.3. The Hall–Kier alpha value is -1.86. The van der Waals surface area contributed by atoms with E-state index in [4.69, 9.17) is 4.42 Å². The number of aromatic nitrogens is 1. The van der Waals surface area contributed by atoms with Gasteiger partial charge >= 0.3 is 0 Å². The average Bonchev–Trinajstić information content (AvgIpc) is 3.05. The molecule has 0 aliphatic heterocycles. The lowest BCUT2D eigenvalue weighted by Crippen LogP contribution is -2.25. The highest BCUT2D eigenvalue weighted by molar-refractivity contribution is 5.73. The Morgan fingerprint density at radius 1 is 1.50 bits per heavy atom. The Balaban J connectivity index is 2.05. The Bertz CT molecular complexity index is 634. The van der Waals surface area contributed by atoms with Crippen molar-refractivity contribution in [3.05, 3.63) is 29.7 Å². The lowest BCUT2D eigenvalue weighted by molar-refractivity contribution is 0.443. The Morgan fingerprint density at radius 3 is 2.89 bits per heavy atom. The fraction of sp³-hybridized carbons (Fsp3) is 0.429. The number of aryl methyl sites for hydroxylation is 1. The zero-order chi connectivity index (χ0) is 12.8. The molecule has 4 nitrogen and oxygen atoms in total. The summed E-state index contributed by atoms with van der Waals surface area (Å²) in [4.78, 5) is 4.29. The maximum absolute atomic E-state index is 9.31. The van der Waals surface area contributed by atoms with Crippen molar-refractivity contribution in [2.24, 2.45) is 5.41 Å². The zero-order valence-electron chi connectivity index (χ0n) is 10.5. The number of benzene rings is 1. The van der Waals surface area contributed by atoms with Crippen molar-refractivity contribution in [1.82, 2.24) is 10.3 Å². The molecule has 18 heavy (non-hydrogen) atoms. The third-order valence-electron chi connectivity index (χ3n) is 3.71. The molecule has 1 saturated carbocycles. The molecule has 0 radical (unpaired) electrons. The summed E-state index contributed by atoms with van der Waals surface area (Å²) in [6.07, 6.45) is 1.92. The van der Waals surface area contributed by atoms with E-state index < -0.39 is 0 Å². The number of hydrogen-bond donors (Lipinski definition) is 1. The second-order valence-electron chi connectivity index (χ2n) is 4.95. The molecule has 0 spiro atoms. The molecule has 1 fully saturated rings. The predicted octanol–water partition coefficient (Wildman–Crippen LogP) is 2.70. The van der Waals surface area contributed by atoms with Gasteiger partial charge in [0.15, 0.2) is 11.5 Å². The minimum Gasteiger partial charge on any atom is -0.441 e. The first-order chi connectivity index (χ1) is 8.68. The fourth-order valence-electron chi connectivity index (χ4n) is 2.60. The van der Waals surface area contributed by atoms with E-state index >= 15 is 0 Å². The van der Waals surface area contributed by atoms with E-state index in [0.29, 0.717) is 5.89 Å². The van der Waals surface area contributed by atoms with Gasteiger partial charge in [0.05, 0.1) is 17.5 Å². The Kier molecular flexibility index (Phi) is 2.39. The summed E-state index contributed by atoms with van der Waals surface area (Å²) in [6.45, 7) is 1.84. The lowest BCUT2D eigenvalue weighted by Gasteiger charge is -2.21. The van der Waals surface area contributed by atoms with Gasteiger partial charge in [-0.3, -0.25) is 0 Å². The molecule has 1 aliphatic carbocycles. The van der Waals surface area contributed by atoms with Crippen molar-refractivity contribution in [2.45, 2.75) is 25.8 Å². The SMILES string of the molecule is CNC(c1ccc2nc(C)oc2c1)C1(C#N)CC1. The molecule has 4 heteroatoms. The van der Waals surface area contributed by atoms with Crippen LogP contribution in [0.5, 0.6) is 0 Å². The summed E-state index contributed by atoms with van der Waals surface area (Å²) in [5, 5.41) is 12.6. The normalized spacial score (nSPS) is 18.5. The molecule has 92 valence electrons. The topological polar surface area (TPSA) is 61.9 Å². The molecular formula is C14H15N3O. The quantitative estimate of drug-likeness (QED) is 0.897. The summed E-state index contributed by atoms with van der Waals surface area (Å²) in [5.41, 5.74) is 2.52. The van der Waals surface area contributed by atoms with Gasteiger partial charge < -0.3 is 9.73 Å². The molecule has 0 amide bonds. The van der Waals surface area contributed by atoms with Crippen molar-refractivity contribution >= 4 is 11.1 Å². The zero-order valence-corrected chi connectivity index (χ0v) is 10.5. The van der Waals surface area contributed by atoms with Crippen LogP contribution in [0.15, 0.2) is 22.6 Å². The second-order valence-corrected chi connectivity index (χ2v) is 4.95. The van der Waals surface area contributed by atoms with E-state index in [1.165, 1.54) is 0 Å². The highest BCUT2D eigenvalue weighted by Gasteiger charge is 2.50. The minimum atomic E-state index is -0.239. The summed E-state index contributed by atoms with van der Waals surface area (Å²) >= 11 is 0. The summed E-state index contributed by atoms with van der Waals surface area (Å²) in [5.74, 6) is 0.671. The van der Waals surface area contributed by atoms with Crippen LogP contribution in [0.3, 0.4) is 0 Å². The smallest absolute Gasteiger partial charge is 0.192 e. The van der Waals surface area contributed by atoms with E-state index in [1.54, 1.807) is 0 Å². The average molecular weight is 241 g/mol. The van der Waals surface area contributed by atoms with E-state index in [0.717, 1.165) is 29.5 Å². The number of nitrogens with one attached hydrogen (secondary N) is 1. The molecule has 0 bridgehead atoms. The number of nitrogens with zero attached hydrogens (tertiary/aromatic N) is 2. The first-order valence-corrected chi connectivity index (χ1v) is 6.14. The molecule has 1 atom stereocenters. The van der Waals surface area contributed by atoms with Gasteiger partial charge in [-0.1, -0.05) is 6.07 Å². The molecule has 1 unspecified atom stereocenters. The third kappa shape index (κ3) is 1.59. The molecule has 1 N–H and O–H groups in total. The van der Waals surface area contributed by atoms with E-state index in [2.05, 4.69) is 16.4 Å². The van der Waals surface area contributed by atoms with Crippen molar-refractivity contribution < 1.29 is 4.42 Å². The molecule has 0 saturated heterocycles. The highest BCUT2D eigenvalue weighted by Crippen LogP contribution is 2.54. The van der Waals surface area contributed by atoms with Crippen LogP contribution in [0.4, 0.5) is 0 Å². The molecule has 3 rings (SSSR count). The predicted molar refractivity (Wildman–Crippen MR) is 67.8 cm³/mol. The summed E-state index contributed by atoms with van der Waals surface area (Å²) in [7, 11) is 1.90. The van der Waals surface area contributed by atoms with Crippen molar-refractivity contribution in [3.63, 3.8) is 0 Å².